The van der Waals surface area contributed by atoms with Crippen molar-refractivity contribution in [2.45, 2.75) is 39.2 Å². The molecule has 0 saturated carbocycles. The van der Waals surface area contributed by atoms with Gasteiger partial charge in [0.2, 0.25) is 0 Å². The van der Waals surface area contributed by atoms with Gasteiger partial charge >= 0.3 is 0 Å². The van der Waals surface area contributed by atoms with Crippen molar-refractivity contribution in [1.82, 2.24) is 15.1 Å². The highest BCUT2D eigenvalue weighted by Crippen LogP contribution is 2.29. The van der Waals surface area contributed by atoms with E-state index in [2.05, 4.69) is 36.4 Å². The molecule has 0 aliphatic rings. The zero-order valence-corrected chi connectivity index (χ0v) is 13.9. The minimum absolute atomic E-state index is 0.313. The predicted octanol–water partition coefficient (Wildman–Crippen LogP) is 3.98. The third-order valence-electron chi connectivity index (χ3n) is 3.38. The third kappa shape index (κ3) is 3.84. The molecule has 2 heterocycles. The van der Waals surface area contributed by atoms with Gasteiger partial charge in [-0.2, -0.15) is 5.10 Å². The van der Waals surface area contributed by atoms with Crippen molar-refractivity contribution in [2.24, 2.45) is 7.05 Å². The van der Waals surface area contributed by atoms with Crippen LogP contribution in [0.3, 0.4) is 0 Å². The fourth-order valence-electron chi connectivity index (χ4n) is 2.25. The lowest BCUT2D eigenvalue weighted by molar-refractivity contribution is 0.518. The second kappa shape index (κ2) is 7.25. The second-order valence-corrected chi connectivity index (χ2v) is 6.70. The maximum absolute atomic E-state index is 6.07. The van der Waals surface area contributed by atoms with Crippen molar-refractivity contribution < 1.29 is 0 Å². The smallest absolute Gasteiger partial charge is 0.0931 e. The van der Waals surface area contributed by atoms with Gasteiger partial charge < -0.3 is 5.32 Å². The fourth-order valence-corrected chi connectivity index (χ4v) is 3.39. The molecule has 1 atom stereocenters. The molecular formula is C15H22ClN3S. The first-order valence-electron chi connectivity index (χ1n) is 7.14. The molecule has 0 spiro atoms. The molecule has 110 valence electrons. The van der Waals surface area contributed by atoms with E-state index in [1.54, 1.807) is 11.3 Å². The highest BCUT2D eigenvalue weighted by atomic mass is 35.5. The topological polar surface area (TPSA) is 29.9 Å². The first-order valence-corrected chi connectivity index (χ1v) is 8.33. The van der Waals surface area contributed by atoms with E-state index in [1.165, 1.54) is 10.6 Å². The van der Waals surface area contributed by atoms with Crippen LogP contribution in [0.15, 0.2) is 18.2 Å². The van der Waals surface area contributed by atoms with Gasteiger partial charge in [0.25, 0.3) is 0 Å². The van der Waals surface area contributed by atoms with Crippen molar-refractivity contribution in [3.63, 3.8) is 0 Å². The molecular weight excluding hydrogens is 290 g/mol. The molecule has 0 fully saturated rings. The van der Waals surface area contributed by atoms with Crippen molar-refractivity contribution in [1.29, 1.82) is 0 Å². The Kier molecular flexibility index (Phi) is 5.64. The summed E-state index contributed by atoms with van der Waals surface area (Å²) >= 11 is 7.73. The van der Waals surface area contributed by atoms with Crippen LogP contribution in [0.2, 0.25) is 4.34 Å². The summed E-state index contributed by atoms with van der Waals surface area (Å²) < 4.78 is 2.84. The van der Waals surface area contributed by atoms with Crippen LogP contribution >= 0.6 is 22.9 Å². The van der Waals surface area contributed by atoms with Gasteiger partial charge in [0, 0.05) is 30.1 Å². The van der Waals surface area contributed by atoms with E-state index in [0.717, 1.165) is 35.8 Å². The summed E-state index contributed by atoms with van der Waals surface area (Å²) in [6.45, 7) is 5.33. The summed E-state index contributed by atoms with van der Waals surface area (Å²) in [6, 6.07) is 6.61. The molecule has 1 N–H and O–H groups in total. The van der Waals surface area contributed by atoms with Crippen molar-refractivity contribution in [2.75, 3.05) is 6.54 Å². The average Bonchev–Trinajstić information content (AvgIpc) is 3.01. The van der Waals surface area contributed by atoms with E-state index in [0.29, 0.717) is 6.04 Å². The standard InChI is InChI=1S/C15H22ClN3S/c1-4-8-17-13(14-6-7-15(16)20-14)10-12-9-11(5-2)18-19(12)3/h6-7,9,13,17H,4-5,8,10H2,1-3H3. The lowest BCUT2D eigenvalue weighted by Crippen LogP contribution is -2.24. The van der Waals surface area contributed by atoms with Crippen molar-refractivity contribution in [3.8, 4) is 0 Å². The maximum atomic E-state index is 6.07. The zero-order valence-electron chi connectivity index (χ0n) is 12.3. The van der Waals surface area contributed by atoms with Gasteiger partial charge in [0.05, 0.1) is 10.0 Å². The van der Waals surface area contributed by atoms with Crippen LogP contribution in [0.5, 0.6) is 0 Å². The molecule has 0 saturated heterocycles. The number of halogens is 1. The third-order valence-corrected chi connectivity index (χ3v) is 4.73. The van der Waals surface area contributed by atoms with Crippen LogP contribution < -0.4 is 5.32 Å². The van der Waals surface area contributed by atoms with E-state index < -0.39 is 0 Å². The van der Waals surface area contributed by atoms with E-state index in [9.17, 15) is 0 Å². The summed E-state index contributed by atoms with van der Waals surface area (Å²) in [6.07, 6.45) is 3.05. The monoisotopic (exact) mass is 311 g/mol. The largest absolute Gasteiger partial charge is 0.309 e. The number of rotatable bonds is 7. The predicted molar refractivity (Wildman–Crippen MR) is 86.7 cm³/mol. The number of aryl methyl sites for hydroxylation is 2. The lowest BCUT2D eigenvalue weighted by Gasteiger charge is -2.17. The van der Waals surface area contributed by atoms with Gasteiger partial charge in [0.15, 0.2) is 0 Å². The lowest BCUT2D eigenvalue weighted by atomic mass is 10.1. The number of nitrogens with zero attached hydrogens (tertiary/aromatic N) is 2. The van der Waals surface area contributed by atoms with Crippen molar-refractivity contribution in [3.05, 3.63) is 38.8 Å². The Morgan fingerprint density at radius 3 is 2.75 bits per heavy atom. The molecule has 1 unspecified atom stereocenters. The highest BCUT2D eigenvalue weighted by Gasteiger charge is 2.16. The van der Waals surface area contributed by atoms with Gasteiger partial charge in [-0.25, -0.2) is 0 Å². The average molecular weight is 312 g/mol. The molecule has 5 heteroatoms. The SMILES string of the molecule is CCCNC(Cc1cc(CC)nn1C)c1ccc(Cl)s1. The molecule has 2 aromatic heterocycles. The Bertz CT molecular complexity index is 547. The molecule has 0 bridgehead atoms. The van der Waals surface area contributed by atoms with E-state index in [4.69, 9.17) is 11.6 Å². The number of nitrogens with one attached hydrogen (secondary N) is 1. The number of hydrogen-bond acceptors (Lipinski definition) is 3. The van der Waals surface area contributed by atoms with Gasteiger partial charge in [-0.15, -0.1) is 11.3 Å². The van der Waals surface area contributed by atoms with E-state index in [-0.39, 0.29) is 0 Å². The van der Waals surface area contributed by atoms with Crippen molar-refractivity contribution >= 4 is 22.9 Å². The van der Waals surface area contributed by atoms with Gasteiger partial charge in [-0.05, 0) is 37.6 Å². The quantitative estimate of drug-likeness (QED) is 0.838. The van der Waals surface area contributed by atoms with E-state index in [1.807, 2.05) is 17.8 Å². The van der Waals surface area contributed by atoms with Crippen LogP contribution in [-0.2, 0) is 19.9 Å². The Morgan fingerprint density at radius 2 is 2.20 bits per heavy atom. The minimum Gasteiger partial charge on any atom is -0.309 e. The molecule has 0 aliphatic heterocycles. The fraction of sp³-hybridized carbons (Fsp3) is 0.533. The normalized spacial score (nSPS) is 12.8. The second-order valence-electron chi connectivity index (χ2n) is 4.96. The zero-order chi connectivity index (χ0) is 14.5. The summed E-state index contributed by atoms with van der Waals surface area (Å²) in [5.41, 5.74) is 2.42. The van der Waals surface area contributed by atoms with Crippen LogP contribution in [-0.4, -0.2) is 16.3 Å². The first-order chi connectivity index (χ1) is 9.63. The summed E-state index contributed by atoms with van der Waals surface area (Å²) in [5, 5.41) is 8.14. The Balaban J connectivity index is 2.16. The van der Waals surface area contributed by atoms with E-state index >= 15 is 0 Å². The van der Waals surface area contributed by atoms with Gasteiger partial charge in [0.1, 0.15) is 0 Å². The number of aromatic nitrogens is 2. The first kappa shape index (κ1) is 15.5. The maximum Gasteiger partial charge on any atom is 0.0931 e. The van der Waals surface area contributed by atoms with Gasteiger partial charge in [-0.1, -0.05) is 25.4 Å². The Labute approximate surface area is 130 Å². The number of hydrogen-bond donors (Lipinski definition) is 1. The molecule has 0 aliphatic carbocycles. The van der Waals surface area contributed by atoms with Crippen LogP contribution in [0.4, 0.5) is 0 Å². The molecule has 3 nitrogen and oxygen atoms in total. The molecule has 0 amide bonds. The Hall–Kier alpha value is -0.840. The van der Waals surface area contributed by atoms with Gasteiger partial charge in [-0.3, -0.25) is 4.68 Å². The number of thiophene rings is 1. The minimum atomic E-state index is 0.313. The molecule has 20 heavy (non-hydrogen) atoms. The Morgan fingerprint density at radius 1 is 1.40 bits per heavy atom. The molecule has 0 aromatic carbocycles. The van der Waals surface area contributed by atoms with Crippen LogP contribution in [0.25, 0.3) is 0 Å². The molecule has 0 radical (unpaired) electrons. The summed E-state index contributed by atoms with van der Waals surface area (Å²) in [7, 11) is 2.02. The molecule has 2 aromatic rings. The highest BCUT2D eigenvalue weighted by molar-refractivity contribution is 7.16. The summed E-state index contributed by atoms with van der Waals surface area (Å²) in [5.74, 6) is 0. The van der Waals surface area contributed by atoms with Crippen LogP contribution in [0.1, 0.15) is 42.6 Å². The molecule has 2 rings (SSSR count). The summed E-state index contributed by atoms with van der Waals surface area (Å²) in [4.78, 5) is 1.29. The van der Waals surface area contributed by atoms with Crippen LogP contribution in [0, 0.1) is 0 Å².